The fourth-order valence-electron chi connectivity index (χ4n) is 2.43. The van der Waals surface area contributed by atoms with E-state index in [0.717, 1.165) is 12.8 Å². The Hall–Kier alpha value is -1.32. The van der Waals surface area contributed by atoms with E-state index < -0.39 is 0 Å². The van der Waals surface area contributed by atoms with Crippen LogP contribution in [0.25, 0.3) is 0 Å². The van der Waals surface area contributed by atoms with Crippen molar-refractivity contribution in [2.24, 2.45) is 0 Å². The van der Waals surface area contributed by atoms with Crippen molar-refractivity contribution in [2.45, 2.75) is 44.8 Å². The van der Waals surface area contributed by atoms with Crippen molar-refractivity contribution in [3.05, 3.63) is 21.0 Å². The Bertz CT molecular complexity index is 559. The standard InChI is InChI=1S/C15H20BrN3O2/c1-2-9-19-15(20)14(16)13(11-18-19)17-8-10-21-12-6-4-3-5-7-12/h1,11-12,17H,3-10H2. The molecule has 1 heterocycles. The van der Waals surface area contributed by atoms with Crippen LogP contribution in [0, 0.1) is 12.3 Å². The topological polar surface area (TPSA) is 56.1 Å². The molecule has 21 heavy (non-hydrogen) atoms. The van der Waals surface area contributed by atoms with Crippen LogP contribution in [0.15, 0.2) is 15.5 Å². The molecule has 1 aromatic heterocycles. The fraction of sp³-hybridized carbons (Fsp3) is 0.600. The van der Waals surface area contributed by atoms with Crippen LogP contribution in [-0.2, 0) is 11.3 Å². The molecule has 1 N–H and O–H groups in total. The Morgan fingerprint density at radius 1 is 1.48 bits per heavy atom. The maximum atomic E-state index is 11.9. The third-order valence-corrected chi connectivity index (χ3v) is 4.32. The van der Waals surface area contributed by atoms with Gasteiger partial charge in [0.05, 0.1) is 24.6 Å². The SMILES string of the molecule is C#CCn1ncc(NCCOC2CCCCC2)c(Br)c1=O. The highest BCUT2D eigenvalue weighted by Gasteiger charge is 2.13. The lowest BCUT2D eigenvalue weighted by Gasteiger charge is -2.22. The van der Waals surface area contributed by atoms with E-state index in [1.165, 1.54) is 23.9 Å². The van der Waals surface area contributed by atoms with Crippen LogP contribution < -0.4 is 10.9 Å². The molecule has 0 aliphatic heterocycles. The number of nitrogens with zero attached hydrogens (tertiary/aromatic N) is 2. The lowest BCUT2D eigenvalue weighted by Crippen LogP contribution is -2.25. The molecule has 6 heteroatoms. The largest absolute Gasteiger partial charge is 0.380 e. The zero-order valence-corrected chi connectivity index (χ0v) is 13.6. The number of ether oxygens (including phenoxy) is 1. The average Bonchev–Trinajstić information content (AvgIpc) is 2.51. The fourth-order valence-corrected chi connectivity index (χ4v) is 2.88. The highest BCUT2D eigenvalue weighted by Crippen LogP contribution is 2.20. The van der Waals surface area contributed by atoms with Gasteiger partial charge in [-0.15, -0.1) is 6.42 Å². The van der Waals surface area contributed by atoms with Gasteiger partial charge in [-0.25, -0.2) is 4.68 Å². The molecule has 0 amide bonds. The first-order chi connectivity index (χ1) is 10.2. The summed E-state index contributed by atoms with van der Waals surface area (Å²) in [6.45, 7) is 1.45. The van der Waals surface area contributed by atoms with E-state index in [9.17, 15) is 4.79 Å². The van der Waals surface area contributed by atoms with Crippen LogP contribution in [-0.4, -0.2) is 29.0 Å². The van der Waals surface area contributed by atoms with Gasteiger partial charge in [0.2, 0.25) is 0 Å². The summed E-state index contributed by atoms with van der Waals surface area (Å²) in [6.07, 6.45) is 13.4. The molecule has 1 fully saturated rings. The molecule has 0 unspecified atom stereocenters. The van der Waals surface area contributed by atoms with Crippen LogP contribution in [0.2, 0.25) is 0 Å². The van der Waals surface area contributed by atoms with Crippen molar-refractivity contribution in [3.63, 3.8) is 0 Å². The maximum absolute atomic E-state index is 11.9. The number of hydrogen-bond donors (Lipinski definition) is 1. The van der Waals surface area contributed by atoms with Gasteiger partial charge in [0, 0.05) is 6.54 Å². The number of rotatable bonds is 6. The normalized spacial score (nSPS) is 15.6. The van der Waals surface area contributed by atoms with Crippen molar-refractivity contribution in [1.29, 1.82) is 0 Å². The highest BCUT2D eigenvalue weighted by atomic mass is 79.9. The third-order valence-electron chi connectivity index (χ3n) is 3.55. The molecular formula is C15H20BrN3O2. The molecule has 2 rings (SSSR count). The van der Waals surface area contributed by atoms with Crippen molar-refractivity contribution in [2.75, 3.05) is 18.5 Å². The number of anilines is 1. The van der Waals surface area contributed by atoms with Gasteiger partial charge in [0.1, 0.15) is 11.0 Å². The zero-order valence-electron chi connectivity index (χ0n) is 12.0. The van der Waals surface area contributed by atoms with Crippen LogP contribution in [0.3, 0.4) is 0 Å². The molecule has 114 valence electrons. The summed E-state index contributed by atoms with van der Waals surface area (Å²) in [4.78, 5) is 11.9. The molecule has 0 atom stereocenters. The van der Waals surface area contributed by atoms with Gasteiger partial charge in [-0.05, 0) is 28.8 Å². The minimum atomic E-state index is -0.230. The smallest absolute Gasteiger partial charge is 0.284 e. The first kappa shape index (κ1) is 16.1. The number of hydrogen-bond acceptors (Lipinski definition) is 4. The Labute approximate surface area is 133 Å². The van der Waals surface area contributed by atoms with Crippen LogP contribution >= 0.6 is 15.9 Å². The first-order valence-electron chi connectivity index (χ1n) is 7.27. The predicted octanol–water partition coefficient (Wildman–Crippen LogP) is 2.40. The molecule has 1 aliphatic carbocycles. The summed E-state index contributed by atoms with van der Waals surface area (Å²) in [5, 5.41) is 7.19. The second kappa shape index (κ2) is 8.20. The summed E-state index contributed by atoms with van der Waals surface area (Å²) >= 11 is 3.28. The second-order valence-corrected chi connectivity index (χ2v) is 5.89. The van der Waals surface area contributed by atoms with Gasteiger partial charge >= 0.3 is 0 Å². The number of nitrogens with one attached hydrogen (secondary N) is 1. The Balaban J connectivity index is 1.82. The van der Waals surface area contributed by atoms with Crippen LogP contribution in [0.1, 0.15) is 32.1 Å². The lowest BCUT2D eigenvalue weighted by molar-refractivity contribution is 0.0347. The molecule has 0 saturated heterocycles. The quantitative estimate of drug-likeness (QED) is 0.630. The minimum Gasteiger partial charge on any atom is -0.380 e. The highest BCUT2D eigenvalue weighted by molar-refractivity contribution is 9.10. The number of halogens is 1. The van der Waals surface area contributed by atoms with Gasteiger partial charge in [-0.3, -0.25) is 4.79 Å². The van der Waals surface area contributed by atoms with Crippen LogP contribution in [0.5, 0.6) is 0 Å². The third kappa shape index (κ3) is 4.58. The maximum Gasteiger partial charge on any atom is 0.284 e. The second-order valence-electron chi connectivity index (χ2n) is 5.10. The van der Waals surface area contributed by atoms with Crippen molar-refractivity contribution in [1.82, 2.24) is 9.78 Å². The van der Waals surface area contributed by atoms with Gasteiger partial charge in [0.15, 0.2) is 0 Å². The summed E-state index contributed by atoms with van der Waals surface area (Å²) in [6, 6.07) is 0. The molecule has 0 bridgehead atoms. The molecule has 0 aromatic carbocycles. The molecule has 1 aliphatic rings. The average molecular weight is 354 g/mol. The van der Waals surface area contributed by atoms with E-state index >= 15 is 0 Å². The lowest BCUT2D eigenvalue weighted by atomic mass is 9.98. The van der Waals surface area contributed by atoms with Gasteiger partial charge < -0.3 is 10.1 Å². The summed E-state index contributed by atoms with van der Waals surface area (Å²) in [5.74, 6) is 2.40. The van der Waals surface area contributed by atoms with Gasteiger partial charge in [0.25, 0.3) is 5.56 Å². The molecule has 1 saturated carbocycles. The van der Waals surface area contributed by atoms with Gasteiger partial charge in [-0.2, -0.15) is 5.10 Å². The van der Waals surface area contributed by atoms with Crippen molar-refractivity contribution >= 4 is 21.6 Å². The summed E-state index contributed by atoms with van der Waals surface area (Å²) in [7, 11) is 0. The van der Waals surface area contributed by atoms with Gasteiger partial charge in [-0.1, -0.05) is 25.2 Å². The predicted molar refractivity (Wildman–Crippen MR) is 86.3 cm³/mol. The number of terminal acetylenes is 1. The molecule has 0 spiro atoms. The Kier molecular flexibility index (Phi) is 6.27. The van der Waals surface area contributed by atoms with E-state index in [0.29, 0.717) is 29.4 Å². The van der Waals surface area contributed by atoms with Crippen molar-refractivity contribution < 1.29 is 4.74 Å². The van der Waals surface area contributed by atoms with E-state index in [1.54, 1.807) is 6.20 Å². The van der Waals surface area contributed by atoms with E-state index in [1.807, 2.05) is 0 Å². The van der Waals surface area contributed by atoms with E-state index in [2.05, 4.69) is 32.3 Å². The zero-order chi connectivity index (χ0) is 15.1. The van der Waals surface area contributed by atoms with Crippen molar-refractivity contribution in [3.8, 4) is 12.3 Å². The monoisotopic (exact) mass is 353 g/mol. The summed E-state index contributed by atoms with van der Waals surface area (Å²) < 4.78 is 7.52. The van der Waals surface area contributed by atoms with Crippen LogP contribution in [0.4, 0.5) is 5.69 Å². The summed E-state index contributed by atoms with van der Waals surface area (Å²) in [5.41, 5.74) is 0.437. The molecule has 5 nitrogen and oxygen atoms in total. The molecule has 0 radical (unpaired) electrons. The Morgan fingerprint density at radius 2 is 2.24 bits per heavy atom. The molecular weight excluding hydrogens is 334 g/mol. The minimum absolute atomic E-state index is 0.169. The molecule has 1 aromatic rings. The van der Waals surface area contributed by atoms with E-state index in [-0.39, 0.29) is 12.1 Å². The van der Waals surface area contributed by atoms with E-state index in [4.69, 9.17) is 11.2 Å². The Morgan fingerprint density at radius 3 is 2.95 bits per heavy atom. The number of aromatic nitrogens is 2. The first-order valence-corrected chi connectivity index (χ1v) is 8.06.